The molecular weight excluding hydrogens is 356 g/mol. The average molecular weight is 376 g/mol. The zero-order chi connectivity index (χ0) is 18.4. The van der Waals surface area contributed by atoms with Crippen LogP contribution in [0.25, 0.3) is 0 Å². The summed E-state index contributed by atoms with van der Waals surface area (Å²) in [4.78, 5) is 38.1. The van der Waals surface area contributed by atoms with Gasteiger partial charge in [-0.25, -0.2) is 19.7 Å². The van der Waals surface area contributed by atoms with Crippen molar-refractivity contribution >= 4 is 34.4 Å². The maximum atomic E-state index is 12.4. The zero-order valence-electron chi connectivity index (χ0n) is 14.3. The van der Waals surface area contributed by atoms with E-state index >= 15 is 0 Å². The molecule has 2 aromatic heterocycles. The molecule has 138 valence electrons. The van der Waals surface area contributed by atoms with Crippen molar-refractivity contribution in [3.8, 4) is 0 Å². The lowest BCUT2D eigenvalue weighted by atomic mass is 10.1. The molecule has 3 heterocycles. The standard InChI is InChI=1S/C16H20N6O3S/c1-2-25-16(24)22-8-4-11(5-9-22)19-13(23)12-10-26-15(20-12)21-14-17-6-3-7-18-14/h3,6-7,10-11H,2,4-5,8-9H2,1H3,(H,19,23)(H,17,18,20,21). The van der Waals surface area contributed by atoms with Gasteiger partial charge >= 0.3 is 6.09 Å². The second-order valence-corrected chi connectivity index (χ2v) is 6.53. The first-order valence-corrected chi connectivity index (χ1v) is 9.26. The van der Waals surface area contributed by atoms with Crippen LogP contribution >= 0.6 is 11.3 Å². The van der Waals surface area contributed by atoms with Gasteiger partial charge in [0.15, 0.2) is 5.13 Å². The van der Waals surface area contributed by atoms with Crippen LogP contribution in [0.2, 0.25) is 0 Å². The zero-order valence-corrected chi connectivity index (χ0v) is 15.2. The number of amides is 2. The van der Waals surface area contributed by atoms with Crippen molar-refractivity contribution in [3.05, 3.63) is 29.5 Å². The van der Waals surface area contributed by atoms with Gasteiger partial charge in [-0.05, 0) is 25.8 Å². The summed E-state index contributed by atoms with van der Waals surface area (Å²) in [6, 6.07) is 1.74. The highest BCUT2D eigenvalue weighted by molar-refractivity contribution is 7.14. The molecule has 2 N–H and O–H groups in total. The van der Waals surface area contributed by atoms with E-state index in [1.807, 2.05) is 0 Å². The number of rotatable bonds is 5. The summed E-state index contributed by atoms with van der Waals surface area (Å²) in [5, 5.41) is 8.17. The number of carbonyl (C=O) groups excluding carboxylic acids is 2. The lowest BCUT2D eigenvalue weighted by Crippen LogP contribution is -2.46. The van der Waals surface area contributed by atoms with Crippen molar-refractivity contribution in [2.75, 3.05) is 25.0 Å². The molecule has 0 unspecified atom stereocenters. The highest BCUT2D eigenvalue weighted by atomic mass is 32.1. The summed E-state index contributed by atoms with van der Waals surface area (Å²) in [6.07, 6.45) is 4.34. The Bertz CT molecular complexity index is 745. The molecule has 1 fully saturated rings. The van der Waals surface area contributed by atoms with E-state index in [0.29, 0.717) is 49.3 Å². The molecule has 0 saturated carbocycles. The van der Waals surface area contributed by atoms with E-state index in [1.54, 1.807) is 35.7 Å². The Morgan fingerprint density at radius 2 is 2.04 bits per heavy atom. The van der Waals surface area contributed by atoms with Crippen molar-refractivity contribution in [3.63, 3.8) is 0 Å². The molecule has 1 aliphatic heterocycles. The van der Waals surface area contributed by atoms with E-state index in [4.69, 9.17) is 4.74 Å². The van der Waals surface area contributed by atoms with Gasteiger partial charge in [-0.3, -0.25) is 4.79 Å². The summed E-state index contributed by atoms with van der Waals surface area (Å²) in [7, 11) is 0. The van der Waals surface area contributed by atoms with Crippen molar-refractivity contribution < 1.29 is 14.3 Å². The molecule has 0 bridgehead atoms. The van der Waals surface area contributed by atoms with Gasteiger partial charge in [0.1, 0.15) is 5.69 Å². The Balaban J connectivity index is 1.49. The first-order valence-electron chi connectivity index (χ1n) is 8.38. The molecular formula is C16H20N6O3S. The number of nitrogens with one attached hydrogen (secondary N) is 2. The number of piperidine rings is 1. The number of hydrogen-bond acceptors (Lipinski definition) is 8. The van der Waals surface area contributed by atoms with Crippen LogP contribution in [0.3, 0.4) is 0 Å². The fourth-order valence-corrected chi connectivity index (χ4v) is 3.26. The maximum Gasteiger partial charge on any atom is 0.409 e. The van der Waals surface area contributed by atoms with Gasteiger partial charge in [-0.1, -0.05) is 0 Å². The molecule has 0 atom stereocenters. The number of hydrogen-bond donors (Lipinski definition) is 2. The third-order valence-electron chi connectivity index (χ3n) is 3.88. The number of carbonyl (C=O) groups is 2. The maximum absolute atomic E-state index is 12.4. The van der Waals surface area contributed by atoms with E-state index in [1.165, 1.54) is 11.3 Å². The number of aromatic nitrogens is 3. The Labute approximate surface area is 154 Å². The summed E-state index contributed by atoms with van der Waals surface area (Å²) >= 11 is 1.31. The lowest BCUT2D eigenvalue weighted by Gasteiger charge is -2.31. The van der Waals surface area contributed by atoms with E-state index in [-0.39, 0.29) is 18.0 Å². The normalized spacial score (nSPS) is 14.7. The smallest absolute Gasteiger partial charge is 0.409 e. The van der Waals surface area contributed by atoms with Crippen LogP contribution in [0.1, 0.15) is 30.3 Å². The Morgan fingerprint density at radius 3 is 2.73 bits per heavy atom. The van der Waals surface area contributed by atoms with Crippen LogP contribution in [0.4, 0.5) is 15.9 Å². The molecule has 26 heavy (non-hydrogen) atoms. The second-order valence-electron chi connectivity index (χ2n) is 5.67. The largest absolute Gasteiger partial charge is 0.450 e. The molecule has 9 nitrogen and oxygen atoms in total. The molecule has 0 radical (unpaired) electrons. The van der Waals surface area contributed by atoms with Crippen LogP contribution in [0.5, 0.6) is 0 Å². The van der Waals surface area contributed by atoms with E-state index in [0.717, 1.165) is 0 Å². The van der Waals surface area contributed by atoms with Gasteiger partial charge in [0.25, 0.3) is 5.91 Å². The third-order valence-corrected chi connectivity index (χ3v) is 4.64. The molecule has 3 rings (SSSR count). The lowest BCUT2D eigenvalue weighted by molar-refractivity contribution is 0.0857. The van der Waals surface area contributed by atoms with Gasteiger partial charge in [0, 0.05) is 36.9 Å². The molecule has 0 spiro atoms. The van der Waals surface area contributed by atoms with Gasteiger partial charge in [-0.2, -0.15) is 0 Å². The quantitative estimate of drug-likeness (QED) is 0.821. The van der Waals surface area contributed by atoms with E-state index < -0.39 is 0 Å². The number of anilines is 2. The minimum absolute atomic E-state index is 0.0174. The summed E-state index contributed by atoms with van der Waals surface area (Å²) < 4.78 is 4.99. The van der Waals surface area contributed by atoms with Crippen LogP contribution in [0, 0.1) is 0 Å². The fraction of sp³-hybridized carbons (Fsp3) is 0.438. The van der Waals surface area contributed by atoms with Crippen LogP contribution in [-0.4, -0.2) is 57.6 Å². The van der Waals surface area contributed by atoms with Crippen LogP contribution < -0.4 is 10.6 Å². The predicted molar refractivity (Wildman–Crippen MR) is 96.5 cm³/mol. The van der Waals surface area contributed by atoms with E-state index in [9.17, 15) is 9.59 Å². The SMILES string of the molecule is CCOC(=O)N1CCC(NC(=O)c2csc(Nc3ncccn3)n2)CC1. The molecule has 1 aliphatic rings. The highest BCUT2D eigenvalue weighted by Crippen LogP contribution is 2.19. The third kappa shape index (κ3) is 4.66. The van der Waals surface area contributed by atoms with E-state index in [2.05, 4.69) is 25.6 Å². The minimum atomic E-state index is -0.296. The topological polar surface area (TPSA) is 109 Å². The van der Waals surface area contributed by atoms with Gasteiger partial charge in [0.05, 0.1) is 6.61 Å². The molecule has 0 aliphatic carbocycles. The first-order chi connectivity index (χ1) is 12.7. The number of thiazole rings is 1. The minimum Gasteiger partial charge on any atom is -0.450 e. The monoisotopic (exact) mass is 376 g/mol. The average Bonchev–Trinajstić information content (AvgIpc) is 3.12. The van der Waals surface area contributed by atoms with Gasteiger partial charge in [0.2, 0.25) is 5.95 Å². The van der Waals surface area contributed by atoms with Crippen molar-refractivity contribution in [1.29, 1.82) is 0 Å². The summed E-state index contributed by atoms with van der Waals surface area (Å²) in [5.74, 6) is 0.206. The first kappa shape index (κ1) is 18.1. The summed E-state index contributed by atoms with van der Waals surface area (Å²) in [5.41, 5.74) is 0.348. The predicted octanol–water partition coefficient (Wildman–Crippen LogP) is 2.03. The number of likely N-dealkylation sites (tertiary alicyclic amines) is 1. The molecule has 1 saturated heterocycles. The van der Waals surface area contributed by atoms with Crippen LogP contribution in [-0.2, 0) is 4.74 Å². The van der Waals surface area contributed by atoms with Crippen LogP contribution in [0.15, 0.2) is 23.8 Å². The van der Waals surface area contributed by atoms with Crippen molar-refractivity contribution in [2.24, 2.45) is 0 Å². The Kier molecular flexibility index (Phi) is 5.95. The molecule has 0 aromatic carbocycles. The summed E-state index contributed by atoms with van der Waals surface area (Å²) in [6.45, 7) is 3.29. The number of ether oxygens (including phenoxy) is 1. The van der Waals surface area contributed by atoms with Crippen molar-refractivity contribution in [2.45, 2.75) is 25.8 Å². The fourth-order valence-electron chi connectivity index (χ4n) is 2.58. The van der Waals surface area contributed by atoms with Crippen molar-refractivity contribution in [1.82, 2.24) is 25.2 Å². The van der Waals surface area contributed by atoms with Gasteiger partial charge in [-0.15, -0.1) is 11.3 Å². The molecule has 2 amide bonds. The highest BCUT2D eigenvalue weighted by Gasteiger charge is 2.25. The Morgan fingerprint density at radius 1 is 1.31 bits per heavy atom. The Hall–Kier alpha value is -2.75. The molecule has 2 aromatic rings. The molecule has 10 heteroatoms. The second kappa shape index (κ2) is 8.56. The van der Waals surface area contributed by atoms with Gasteiger partial charge < -0.3 is 20.3 Å². The number of nitrogens with zero attached hydrogens (tertiary/aromatic N) is 4.